The molecule has 0 bridgehead atoms. The first kappa shape index (κ1) is 14.3. The molecule has 6 nitrogen and oxygen atoms in total. The minimum Gasteiger partial charge on any atom is -0.375 e. The van der Waals surface area contributed by atoms with Crippen molar-refractivity contribution in [3.05, 3.63) is 0 Å². The quantitative estimate of drug-likeness (QED) is 0.714. The van der Waals surface area contributed by atoms with Crippen LogP contribution in [0.25, 0.3) is 0 Å². The van der Waals surface area contributed by atoms with Crippen LogP contribution in [0, 0.1) is 5.92 Å². The summed E-state index contributed by atoms with van der Waals surface area (Å²) in [4.78, 5) is 25.5. The Hall–Kier alpha value is -1.14. The van der Waals surface area contributed by atoms with Crippen LogP contribution >= 0.6 is 0 Å². The lowest BCUT2D eigenvalue weighted by molar-refractivity contribution is -0.138. The number of ether oxygens (including phenoxy) is 1. The maximum absolute atomic E-state index is 12.1. The fraction of sp³-hybridized carbons (Fsp3) is 0.846. The number of carbonyl (C=O) groups is 2. The third-order valence-electron chi connectivity index (χ3n) is 3.87. The Kier molecular flexibility index (Phi) is 5.15. The van der Waals surface area contributed by atoms with Crippen molar-refractivity contribution in [1.29, 1.82) is 0 Å². The van der Waals surface area contributed by atoms with E-state index in [0.29, 0.717) is 26.1 Å². The number of piperidine rings is 1. The summed E-state index contributed by atoms with van der Waals surface area (Å²) in [5.74, 6) is 0.289. The molecule has 2 amide bonds. The molecule has 2 fully saturated rings. The second-order valence-corrected chi connectivity index (χ2v) is 5.17. The number of likely N-dealkylation sites (tertiary alicyclic amines) is 1. The van der Waals surface area contributed by atoms with Gasteiger partial charge in [-0.25, -0.2) is 0 Å². The predicted octanol–water partition coefficient (Wildman–Crippen LogP) is -0.650. The minimum absolute atomic E-state index is 0.00193. The standard InChI is InChI=1S/C13H23N3O3/c1-14-13(18)10-2-5-16(6-3-10)12(17)8-11-9-15-4-7-19-11/h10-11,15H,2-9H2,1H3,(H,14,18). The Morgan fingerprint density at radius 3 is 2.68 bits per heavy atom. The summed E-state index contributed by atoms with van der Waals surface area (Å²) >= 11 is 0. The summed E-state index contributed by atoms with van der Waals surface area (Å²) < 4.78 is 5.54. The number of hydrogen-bond donors (Lipinski definition) is 2. The van der Waals surface area contributed by atoms with E-state index >= 15 is 0 Å². The van der Waals surface area contributed by atoms with Crippen LogP contribution in [-0.4, -0.2) is 62.7 Å². The molecule has 2 heterocycles. The summed E-state index contributed by atoms with van der Waals surface area (Å²) in [6.45, 7) is 3.65. The highest BCUT2D eigenvalue weighted by Gasteiger charge is 2.28. The van der Waals surface area contributed by atoms with Crippen molar-refractivity contribution in [3.63, 3.8) is 0 Å². The summed E-state index contributed by atoms with van der Waals surface area (Å²) in [7, 11) is 1.66. The van der Waals surface area contributed by atoms with E-state index in [2.05, 4.69) is 10.6 Å². The summed E-state index contributed by atoms with van der Waals surface area (Å²) in [5, 5.41) is 5.90. The van der Waals surface area contributed by atoms with Crippen molar-refractivity contribution in [2.45, 2.75) is 25.4 Å². The van der Waals surface area contributed by atoms with Crippen LogP contribution in [0.1, 0.15) is 19.3 Å². The van der Waals surface area contributed by atoms with E-state index < -0.39 is 0 Å². The van der Waals surface area contributed by atoms with Crippen molar-refractivity contribution in [3.8, 4) is 0 Å². The molecule has 19 heavy (non-hydrogen) atoms. The van der Waals surface area contributed by atoms with Crippen LogP contribution in [-0.2, 0) is 14.3 Å². The SMILES string of the molecule is CNC(=O)C1CCN(C(=O)CC2CNCCO2)CC1. The molecular formula is C13H23N3O3. The Morgan fingerprint density at radius 2 is 2.11 bits per heavy atom. The van der Waals surface area contributed by atoms with Crippen LogP contribution in [0.15, 0.2) is 0 Å². The van der Waals surface area contributed by atoms with Crippen molar-refractivity contribution in [1.82, 2.24) is 15.5 Å². The molecule has 2 N–H and O–H groups in total. The van der Waals surface area contributed by atoms with Gasteiger partial charge < -0.3 is 20.3 Å². The van der Waals surface area contributed by atoms with E-state index in [4.69, 9.17) is 4.74 Å². The van der Waals surface area contributed by atoms with Gasteiger partial charge in [0.15, 0.2) is 0 Å². The Labute approximate surface area is 113 Å². The van der Waals surface area contributed by atoms with Gasteiger partial charge in [0.1, 0.15) is 0 Å². The third-order valence-corrected chi connectivity index (χ3v) is 3.87. The maximum Gasteiger partial charge on any atom is 0.225 e. The molecule has 0 saturated carbocycles. The number of rotatable bonds is 3. The third kappa shape index (κ3) is 3.91. The predicted molar refractivity (Wildman–Crippen MR) is 70.6 cm³/mol. The molecule has 2 aliphatic heterocycles. The van der Waals surface area contributed by atoms with Crippen molar-refractivity contribution < 1.29 is 14.3 Å². The van der Waals surface area contributed by atoms with Gasteiger partial charge in [0.05, 0.1) is 19.1 Å². The van der Waals surface area contributed by atoms with Crippen LogP contribution in [0.3, 0.4) is 0 Å². The zero-order valence-corrected chi connectivity index (χ0v) is 11.5. The molecule has 0 aliphatic carbocycles. The lowest BCUT2D eigenvalue weighted by Gasteiger charge is -2.32. The monoisotopic (exact) mass is 269 g/mol. The largest absolute Gasteiger partial charge is 0.375 e. The first-order valence-corrected chi connectivity index (χ1v) is 7.02. The average Bonchev–Trinajstić information content (AvgIpc) is 2.47. The molecule has 0 spiro atoms. The molecule has 1 unspecified atom stereocenters. The van der Waals surface area contributed by atoms with E-state index in [-0.39, 0.29) is 23.8 Å². The first-order chi connectivity index (χ1) is 9.20. The van der Waals surface area contributed by atoms with Gasteiger partial charge in [-0.05, 0) is 12.8 Å². The van der Waals surface area contributed by atoms with E-state index in [9.17, 15) is 9.59 Å². The number of amides is 2. The van der Waals surface area contributed by atoms with Crippen molar-refractivity contribution in [2.75, 3.05) is 39.8 Å². The molecule has 0 aromatic rings. The molecule has 0 aromatic carbocycles. The zero-order valence-electron chi connectivity index (χ0n) is 11.5. The lowest BCUT2D eigenvalue weighted by Crippen LogP contribution is -2.45. The van der Waals surface area contributed by atoms with Crippen LogP contribution in [0.2, 0.25) is 0 Å². The van der Waals surface area contributed by atoms with Gasteiger partial charge in [0.25, 0.3) is 0 Å². The molecule has 2 saturated heterocycles. The van der Waals surface area contributed by atoms with E-state index in [1.165, 1.54) is 0 Å². The molecular weight excluding hydrogens is 246 g/mol. The number of nitrogens with one attached hydrogen (secondary N) is 2. The minimum atomic E-state index is -0.00193. The van der Waals surface area contributed by atoms with E-state index in [1.54, 1.807) is 7.05 Å². The number of nitrogens with zero attached hydrogens (tertiary/aromatic N) is 1. The Bertz CT molecular complexity index is 321. The number of carbonyl (C=O) groups excluding carboxylic acids is 2. The molecule has 0 aromatic heterocycles. The first-order valence-electron chi connectivity index (χ1n) is 7.02. The fourth-order valence-corrected chi connectivity index (χ4v) is 2.67. The van der Waals surface area contributed by atoms with Gasteiger partial charge in [-0.15, -0.1) is 0 Å². The molecule has 0 radical (unpaired) electrons. The average molecular weight is 269 g/mol. The van der Waals surface area contributed by atoms with Gasteiger partial charge in [-0.3, -0.25) is 9.59 Å². The zero-order chi connectivity index (χ0) is 13.7. The van der Waals surface area contributed by atoms with E-state index in [1.807, 2.05) is 4.90 Å². The smallest absolute Gasteiger partial charge is 0.225 e. The summed E-state index contributed by atoms with van der Waals surface area (Å²) in [6, 6.07) is 0. The van der Waals surface area contributed by atoms with Crippen LogP contribution in [0.5, 0.6) is 0 Å². The normalized spacial score (nSPS) is 25.1. The van der Waals surface area contributed by atoms with Crippen molar-refractivity contribution in [2.24, 2.45) is 5.92 Å². The highest BCUT2D eigenvalue weighted by atomic mass is 16.5. The molecule has 1 atom stereocenters. The number of hydrogen-bond acceptors (Lipinski definition) is 4. The second-order valence-electron chi connectivity index (χ2n) is 5.17. The summed E-state index contributed by atoms with van der Waals surface area (Å²) in [5.41, 5.74) is 0. The Morgan fingerprint density at radius 1 is 1.37 bits per heavy atom. The molecule has 6 heteroatoms. The fourth-order valence-electron chi connectivity index (χ4n) is 2.67. The molecule has 2 aliphatic rings. The van der Waals surface area contributed by atoms with Crippen LogP contribution < -0.4 is 10.6 Å². The van der Waals surface area contributed by atoms with Gasteiger partial charge >= 0.3 is 0 Å². The van der Waals surface area contributed by atoms with Gasteiger partial charge in [-0.2, -0.15) is 0 Å². The van der Waals surface area contributed by atoms with Gasteiger partial charge in [0.2, 0.25) is 11.8 Å². The highest BCUT2D eigenvalue weighted by Crippen LogP contribution is 2.18. The lowest BCUT2D eigenvalue weighted by atomic mass is 9.95. The topological polar surface area (TPSA) is 70.7 Å². The van der Waals surface area contributed by atoms with Crippen molar-refractivity contribution >= 4 is 11.8 Å². The van der Waals surface area contributed by atoms with E-state index in [0.717, 1.165) is 25.9 Å². The van der Waals surface area contributed by atoms with Gasteiger partial charge in [0, 0.05) is 39.1 Å². The maximum atomic E-state index is 12.1. The second kappa shape index (κ2) is 6.86. The molecule has 108 valence electrons. The summed E-state index contributed by atoms with van der Waals surface area (Å²) in [6.07, 6.45) is 1.96. The highest BCUT2D eigenvalue weighted by molar-refractivity contribution is 5.80. The van der Waals surface area contributed by atoms with Gasteiger partial charge in [-0.1, -0.05) is 0 Å². The number of morpholine rings is 1. The van der Waals surface area contributed by atoms with Crippen LogP contribution in [0.4, 0.5) is 0 Å². The Balaban J connectivity index is 1.74. The molecule has 2 rings (SSSR count).